The number of carbonyl (C=O) groups excluding carboxylic acids is 1. The van der Waals surface area contributed by atoms with E-state index in [9.17, 15) is 28.2 Å². The average molecular weight is 550 g/mol. The fourth-order valence-corrected chi connectivity index (χ4v) is 4.16. The summed E-state index contributed by atoms with van der Waals surface area (Å²) >= 11 is 0. The maximum absolute atomic E-state index is 11.7. The molecule has 1 unspecified atom stereocenters. The predicted molar refractivity (Wildman–Crippen MR) is 128 cm³/mol. The quantitative estimate of drug-likeness (QED) is 0.0348. The molecule has 198 valence electrons. The SMILES string of the molecule is CCCCCCCC/C=C/CCCCCCCC([O-])=NCCS(=O)(=O)OC(CC(=O)[O-])C(=O)O.[Na+].[Na+]. The second kappa shape index (κ2) is 26.7. The molecule has 9 nitrogen and oxygen atoms in total. The number of rotatable bonds is 23. The third kappa shape index (κ3) is 27.1. The van der Waals surface area contributed by atoms with Crippen molar-refractivity contribution in [3.05, 3.63) is 12.2 Å². The van der Waals surface area contributed by atoms with Crippen molar-refractivity contribution in [2.24, 2.45) is 4.99 Å². The van der Waals surface area contributed by atoms with Gasteiger partial charge in [-0.2, -0.15) is 8.42 Å². The molecule has 1 N–H and O–H groups in total. The summed E-state index contributed by atoms with van der Waals surface area (Å²) in [5.74, 6) is -4.60. The number of unbranched alkanes of at least 4 members (excludes halogenated alkanes) is 11. The third-order valence-corrected chi connectivity index (χ3v) is 6.38. The monoisotopic (exact) mass is 549 g/mol. The summed E-state index contributed by atoms with van der Waals surface area (Å²) in [6.07, 6.45) is 16.5. The van der Waals surface area contributed by atoms with E-state index < -0.39 is 46.2 Å². The van der Waals surface area contributed by atoms with Crippen molar-refractivity contribution in [3.8, 4) is 0 Å². The molecule has 0 fully saturated rings. The first kappa shape index (κ1) is 40.6. The zero-order valence-corrected chi connectivity index (χ0v) is 27.2. The molecule has 0 aromatic heterocycles. The van der Waals surface area contributed by atoms with Crippen LogP contribution in [0.3, 0.4) is 0 Å². The molecule has 0 aliphatic rings. The summed E-state index contributed by atoms with van der Waals surface area (Å²) in [6.45, 7) is 1.85. The van der Waals surface area contributed by atoms with Crippen LogP contribution in [0.4, 0.5) is 0 Å². The van der Waals surface area contributed by atoms with E-state index >= 15 is 0 Å². The van der Waals surface area contributed by atoms with E-state index in [0.717, 1.165) is 38.5 Å². The van der Waals surface area contributed by atoms with E-state index in [1.807, 2.05) is 0 Å². The number of carboxylic acids is 2. The Kier molecular flexibility index (Phi) is 30.0. The molecule has 36 heavy (non-hydrogen) atoms. The van der Waals surface area contributed by atoms with Crippen molar-refractivity contribution in [1.29, 1.82) is 0 Å². The Bertz CT molecular complexity index is 730. The Labute approximate surface area is 261 Å². The zero-order chi connectivity index (χ0) is 25.7. The number of carbonyl (C=O) groups is 2. The van der Waals surface area contributed by atoms with Crippen LogP contribution in [0.5, 0.6) is 0 Å². The fourth-order valence-electron chi connectivity index (χ4n) is 3.25. The fraction of sp³-hybridized carbons (Fsp3) is 0.792. The van der Waals surface area contributed by atoms with Crippen molar-refractivity contribution in [2.45, 2.75) is 109 Å². The first-order valence-corrected chi connectivity index (χ1v) is 13.9. The Morgan fingerprint density at radius 2 is 1.39 bits per heavy atom. The standard InChI is InChI=1S/C24H43NO8S.2Na/c1-2-3-4-5-6-7-8-9-10-11-12-13-14-15-16-17-22(26)25-18-19-34(31,32)33-21(24(29)30)20-23(27)28;;/h9-10,21H,2-8,11-20H2,1H3,(H,25,26)(H,27,28)(H,29,30);;/q;2*+1/p-2/b10-9+;;. The number of hydrogen-bond acceptors (Lipinski definition) is 8. The van der Waals surface area contributed by atoms with Crippen LogP contribution in [-0.4, -0.2) is 49.8 Å². The Balaban J connectivity index is -0.00000544. The van der Waals surface area contributed by atoms with Crippen molar-refractivity contribution in [2.75, 3.05) is 12.3 Å². The Morgan fingerprint density at radius 1 is 0.889 bits per heavy atom. The molecule has 0 amide bonds. The Morgan fingerprint density at radius 3 is 1.89 bits per heavy atom. The first-order valence-electron chi connectivity index (χ1n) is 12.4. The van der Waals surface area contributed by atoms with Gasteiger partial charge in [-0.1, -0.05) is 70.4 Å². The van der Waals surface area contributed by atoms with Crippen LogP contribution in [0.25, 0.3) is 0 Å². The molecule has 1 atom stereocenters. The molecule has 0 bridgehead atoms. The minimum Gasteiger partial charge on any atom is -0.862 e. The molecule has 0 radical (unpaired) electrons. The maximum atomic E-state index is 11.7. The van der Waals surface area contributed by atoms with E-state index in [4.69, 9.17) is 5.11 Å². The number of aliphatic imine (C=N–C) groups is 1. The molecule has 0 rings (SSSR count). The van der Waals surface area contributed by atoms with E-state index in [1.54, 1.807) is 0 Å². The molecular formula is C24H41NNa2O8S. The van der Waals surface area contributed by atoms with Crippen LogP contribution in [0.15, 0.2) is 17.1 Å². The van der Waals surface area contributed by atoms with Crippen molar-refractivity contribution in [3.63, 3.8) is 0 Å². The largest absolute Gasteiger partial charge is 1.00 e. The average Bonchev–Trinajstić information content (AvgIpc) is 2.75. The number of allylic oxidation sites excluding steroid dienone is 2. The van der Waals surface area contributed by atoms with Crippen LogP contribution in [0, 0.1) is 0 Å². The number of hydrogen-bond donors (Lipinski definition) is 1. The minimum absolute atomic E-state index is 0. The van der Waals surface area contributed by atoms with Gasteiger partial charge in [0.05, 0.1) is 12.3 Å². The van der Waals surface area contributed by atoms with Crippen molar-refractivity contribution < 1.29 is 96.6 Å². The topological polar surface area (TPSA) is 156 Å². The van der Waals surface area contributed by atoms with E-state index in [-0.39, 0.29) is 72.1 Å². The van der Waals surface area contributed by atoms with Gasteiger partial charge in [0, 0.05) is 12.4 Å². The molecule has 0 aliphatic carbocycles. The molecule has 0 spiro atoms. The molecule has 0 saturated carbocycles. The summed E-state index contributed by atoms with van der Waals surface area (Å²) in [4.78, 5) is 25.0. The van der Waals surface area contributed by atoms with Gasteiger partial charge in [0.15, 0.2) is 6.10 Å². The van der Waals surface area contributed by atoms with Crippen molar-refractivity contribution >= 4 is 28.0 Å². The van der Waals surface area contributed by atoms with Crippen LogP contribution < -0.4 is 69.3 Å². The second-order valence-electron chi connectivity index (χ2n) is 8.37. The molecule has 0 heterocycles. The zero-order valence-electron chi connectivity index (χ0n) is 22.4. The summed E-state index contributed by atoms with van der Waals surface area (Å²) in [6, 6.07) is 0. The van der Waals surface area contributed by atoms with Gasteiger partial charge in [-0.05, 0) is 44.4 Å². The van der Waals surface area contributed by atoms with E-state index in [1.165, 1.54) is 38.5 Å². The van der Waals surface area contributed by atoms with Crippen molar-refractivity contribution in [1.82, 2.24) is 0 Å². The maximum Gasteiger partial charge on any atom is 1.00 e. The van der Waals surface area contributed by atoms with Crippen LogP contribution in [0.2, 0.25) is 0 Å². The minimum atomic E-state index is -4.34. The van der Waals surface area contributed by atoms with Gasteiger partial charge in [-0.15, -0.1) is 0 Å². The molecule has 0 aromatic rings. The van der Waals surface area contributed by atoms with Gasteiger partial charge < -0.3 is 25.1 Å². The second-order valence-corrected chi connectivity index (χ2v) is 10.1. The number of carboxylic acid groups (broad SMARTS) is 2. The normalized spacial score (nSPS) is 12.6. The van der Waals surface area contributed by atoms with Gasteiger partial charge in [0.2, 0.25) is 0 Å². The van der Waals surface area contributed by atoms with Crippen LogP contribution in [-0.2, 0) is 23.9 Å². The summed E-state index contributed by atoms with van der Waals surface area (Å²) in [7, 11) is -4.34. The van der Waals surface area contributed by atoms with Crippen LogP contribution in [0.1, 0.15) is 103 Å². The molecular weight excluding hydrogens is 508 g/mol. The van der Waals surface area contributed by atoms with Gasteiger partial charge in [-0.25, -0.2) is 4.79 Å². The summed E-state index contributed by atoms with van der Waals surface area (Å²) in [5.41, 5.74) is 0. The molecule has 0 saturated heterocycles. The van der Waals surface area contributed by atoms with E-state index in [2.05, 4.69) is 28.3 Å². The third-order valence-electron chi connectivity index (χ3n) is 5.17. The smallest absolute Gasteiger partial charge is 0.862 e. The predicted octanol–water partition coefficient (Wildman–Crippen LogP) is -3.27. The Hall–Kier alpha value is 0.0600. The summed E-state index contributed by atoms with van der Waals surface area (Å²) in [5, 5.41) is 31.0. The van der Waals surface area contributed by atoms with Crippen LogP contribution >= 0.6 is 0 Å². The molecule has 0 aromatic carbocycles. The van der Waals surface area contributed by atoms with Gasteiger partial charge in [0.25, 0.3) is 10.1 Å². The van der Waals surface area contributed by atoms with E-state index in [0.29, 0.717) is 6.42 Å². The molecule has 12 heteroatoms. The van der Waals surface area contributed by atoms with Gasteiger partial charge >= 0.3 is 65.1 Å². The number of nitrogens with zero attached hydrogens (tertiary/aromatic N) is 1. The number of aliphatic carboxylic acids is 2. The van der Waals surface area contributed by atoms with Gasteiger partial charge in [0.1, 0.15) is 0 Å². The van der Waals surface area contributed by atoms with Gasteiger partial charge in [-0.3, -0.25) is 4.18 Å². The first-order chi connectivity index (χ1) is 16.2. The summed E-state index contributed by atoms with van der Waals surface area (Å²) < 4.78 is 27.8. The molecule has 0 aliphatic heterocycles.